The van der Waals surface area contributed by atoms with Crippen LogP contribution in [0.25, 0.3) is 0 Å². The largest absolute Gasteiger partial charge is 0.396 e. The first-order valence-electron chi connectivity index (χ1n) is 5.42. The minimum atomic E-state index is -0.193. The van der Waals surface area contributed by atoms with Crippen molar-refractivity contribution in [2.75, 3.05) is 17.7 Å². The Balaban J connectivity index is 2.36. The lowest BCUT2D eigenvalue weighted by Crippen LogP contribution is -2.27. The van der Waals surface area contributed by atoms with Gasteiger partial charge in [0.15, 0.2) is 0 Å². The minimum absolute atomic E-state index is 0.193. The van der Waals surface area contributed by atoms with Crippen molar-refractivity contribution in [1.29, 1.82) is 0 Å². The SMILES string of the molecule is CN(C(=O)c1cc(Cl)cc(Br)c1)c1ccncc1N. The van der Waals surface area contributed by atoms with Crippen LogP contribution < -0.4 is 10.6 Å². The summed E-state index contributed by atoms with van der Waals surface area (Å²) in [5.74, 6) is -0.193. The first-order chi connectivity index (χ1) is 8.99. The molecule has 1 heterocycles. The van der Waals surface area contributed by atoms with Gasteiger partial charge >= 0.3 is 0 Å². The molecule has 0 saturated heterocycles. The second kappa shape index (κ2) is 5.59. The number of hydrogen-bond donors (Lipinski definition) is 1. The summed E-state index contributed by atoms with van der Waals surface area (Å²) in [5, 5.41) is 0.494. The summed E-state index contributed by atoms with van der Waals surface area (Å²) in [5.41, 5.74) is 7.34. The zero-order valence-corrected chi connectivity index (χ0v) is 12.4. The molecule has 0 aliphatic rings. The fraction of sp³-hybridized carbons (Fsp3) is 0.0769. The van der Waals surface area contributed by atoms with Crippen molar-refractivity contribution < 1.29 is 4.79 Å². The number of carbonyl (C=O) groups excluding carboxylic acids is 1. The molecule has 4 nitrogen and oxygen atoms in total. The van der Waals surface area contributed by atoms with Gasteiger partial charge in [-0.2, -0.15) is 0 Å². The third kappa shape index (κ3) is 3.05. The van der Waals surface area contributed by atoms with Gasteiger partial charge in [-0.15, -0.1) is 0 Å². The summed E-state index contributed by atoms with van der Waals surface area (Å²) in [6.07, 6.45) is 3.09. The maximum Gasteiger partial charge on any atom is 0.258 e. The van der Waals surface area contributed by atoms with E-state index < -0.39 is 0 Å². The van der Waals surface area contributed by atoms with Gasteiger partial charge in [0.1, 0.15) is 0 Å². The van der Waals surface area contributed by atoms with Crippen LogP contribution in [0.5, 0.6) is 0 Å². The lowest BCUT2D eigenvalue weighted by atomic mass is 10.2. The Labute approximate surface area is 124 Å². The minimum Gasteiger partial charge on any atom is -0.396 e. The van der Waals surface area contributed by atoms with Crippen LogP contribution in [-0.4, -0.2) is 17.9 Å². The number of anilines is 2. The van der Waals surface area contributed by atoms with Gasteiger partial charge in [0.05, 0.1) is 17.6 Å². The van der Waals surface area contributed by atoms with Crippen LogP contribution in [0.2, 0.25) is 5.02 Å². The van der Waals surface area contributed by atoms with E-state index in [1.54, 1.807) is 37.5 Å². The summed E-state index contributed by atoms with van der Waals surface area (Å²) in [6, 6.07) is 6.73. The molecule has 98 valence electrons. The van der Waals surface area contributed by atoms with Gasteiger partial charge in [0, 0.05) is 28.3 Å². The summed E-state index contributed by atoms with van der Waals surface area (Å²) in [7, 11) is 1.66. The fourth-order valence-electron chi connectivity index (χ4n) is 1.69. The highest BCUT2D eigenvalue weighted by atomic mass is 79.9. The number of nitrogens with zero attached hydrogens (tertiary/aromatic N) is 2. The highest BCUT2D eigenvalue weighted by molar-refractivity contribution is 9.10. The Morgan fingerprint density at radius 1 is 1.42 bits per heavy atom. The molecular formula is C13H11BrClN3O. The van der Waals surface area contributed by atoms with Crippen LogP contribution in [0.3, 0.4) is 0 Å². The highest BCUT2D eigenvalue weighted by Gasteiger charge is 2.16. The maximum atomic E-state index is 12.4. The molecule has 0 fully saturated rings. The van der Waals surface area contributed by atoms with Crippen molar-refractivity contribution >= 4 is 44.8 Å². The molecule has 6 heteroatoms. The van der Waals surface area contributed by atoms with Gasteiger partial charge in [-0.05, 0) is 24.3 Å². The van der Waals surface area contributed by atoms with Crippen LogP contribution in [0, 0.1) is 0 Å². The van der Waals surface area contributed by atoms with Crippen LogP contribution in [0.15, 0.2) is 41.1 Å². The first-order valence-corrected chi connectivity index (χ1v) is 6.60. The Bertz CT molecular complexity index is 613. The van der Waals surface area contributed by atoms with Crippen molar-refractivity contribution in [3.8, 4) is 0 Å². The van der Waals surface area contributed by atoms with E-state index in [1.165, 1.54) is 11.1 Å². The molecule has 0 atom stereocenters. The number of nitrogens with two attached hydrogens (primary N) is 1. The zero-order valence-electron chi connectivity index (χ0n) is 10.1. The maximum absolute atomic E-state index is 12.4. The molecule has 2 aromatic rings. The molecule has 0 unspecified atom stereocenters. The average molecular weight is 341 g/mol. The van der Waals surface area contributed by atoms with Crippen molar-refractivity contribution in [3.63, 3.8) is 0 Å². The second-order valence-corrected chi connectivity index (χ2v) is 5.31. The predicted molar refractivity (Wildman–Crippen MR) is 80.5 cm³/mol. The molecule has 0 aliphatic carbocycles. The van der Waals surface area contributed by atoms with Crippen molar-refractivity contribution in [3.05, 3.63) is 51.7 Å². The third-order valence-corrected chi connectivity index (χ3v) is 3.28. The molecular weight excluding hydrogens is 330 g/mol. The number of aromatic nitrogens is 1. The van der Waals surface area contributed by atoms with Gasteiger partial charge in [-0.3, -0.25) is 9.78 Å². The predicted octanol–water partition coefficient (Wildman–Crippen LogP) is 3.36. The smallest absolute Gasteiger partial charge is 0.258 e. The van der Waals surface area contributed by atoms with Crippen LogP contribution >= 0.6 is 27.5 Å². The quantitative estimate of drug-likeness (QED) is 0.912. The standard InChI is InChI=1S/C13H11BrClN3O/c1-18(12-2-3-17-7-11(12)16)13(19)8-4-9(14)6-10(15)5-8/h2-7H,16H2,1H3. The number of nitrogen functional groups attached to an aromatic ring is 1. The lowest BCUT2D eigenvalue weighted by Gasteiger charge is -2.19. The van der Waals surface area contributed by atoms with Gasteiger partial charge in [-0.25, -0.2) is 0 Å². The Morgan fingerprint density at radius 3 is 2.79 bits per heavy atom. The van der Waals surface area contributed by atoms with E-state index in [0.717, 1.165) is 4.47 Å². The number of hydrogen-bond acceptors (Lipinski definition) is 3. The third-order valence-electron chi connectivity index (χ3n) is 2.60. The van der Waals surface area contributed by atoms with E-state index in [-0.39, 0.29) is 5.91 Å². The van der Waals surface area contributed by atoms with Crippen molar-refractivity contribution in [1.82, 2.24) is 4.98 Å². The molecule has 1 aromatic heterocycles. The first kappa shape index (κ1) is 13.8. The highest BCUT2D eigenvalue weighted by Crippen LogP contribution is 2.24. The van der Waals surface area contributed by atoms with Gasteiger partial charge in [0.25, 0.3) is 5.91 Å². The molecule has 2 N–H and O–H groups in total. The van der Waals surface area contributed by atoms with E-state index in [4.69, 9.17) is 17.3 Å². The van der Waals surface area contributed by atoms with Gasteiger partial charge < -0.3 is 10.6 Å². The number of amides is 1. The topological polar surface area (TPSA) is 59.2 Å². The number of rotatable bonds is 2. The fourth-order valence-corrected chi connectivity index (χ4v) is 2.55. The molecule has 0 saturated carbocycles. The lowest BCUT2D eigenvalue weighted by molar-refractivity contribution is 0.0993. The Hall–Kier alpha value is -1.59. The molecule has 2 rings (SSSR count). The summed E-state index contributed by atoms with van der Waals surface area (Å²) >= 11 is 9.25. The van der Waals surface area contributed by atoms with E-state index in [9.17, 15) is 4.79 Å². The summed E-state index contributed by atoms with van der Waals surface area (Å²) in [4.78, 5) is 17.7. The van der Waals surface area contributed by atoms with Crippen molar-refractivity contribution in [2.45, 2.75) is 0 Å². The van der Waals surface area contributed by atoms with E-state index >= 15 is 0 Å². The van der Waals surface area contributed by atoms with Gasteiger partial charge in [-0.1, -0.05) is 27.5 Å². The monoisotopic (exact) mass is 339 g/mol. The van der Waals surface area contributed by atoms with Crippen LogP contribution in [-0.2, 0) is 0 Å². The molecule has 19 heavy (non-hydrogen) atoms. The molecule has 1 amide bonds. The number of pyridine rings is 1. The number of benzene rings is 1. The normalized spacial score (nSPS) is 10.3. The Kier molecular flexibility index (Phi) is 4.07. The number of carbonyl (C=O) groups is 1. The molecule has 1 aromatic carbocycles. The van der Waals surface area contributed by atoms with Gasteiger partial charge in [0.2, 0.25) is 0 Å². The van der Waals surface area contributed by atoms with Crippen LogP contribution in [0.1, 0.15) is 10.4 Å². The molecule has 0 radical (unpaired) electrons. The van der Waals surface area contributed by atoms with Crippen molar-refractivity contribution in [2.24, 2.45) is 0 Å². The number of halogens is 2. The molecule has 0 spiro atoms. The molecule has 0 bridgehead atoms. The summed E-state index contributed by atoms with van der Waals surface area (Å²) < 4.78 is 0.749. The Morgan fingerprint density at radius 2 is 2.16 bits per heavy atom. The molecule has 0 aliphatic heterocycles. The van der Waals surface area contributed by atoms with E-state index in [2.05, 4.69) is 20.9 Å². The zero-order chi connectivity index (χ0) is 14.0. The van der Waals surface area contributed by atoms with Crippen LogP contribution in [0.4, 0.5) is 11.4 Å². The average Bonchev–Trinajstić information content (AvgIpc) is 2.36. The second-order valence-electron chi connectivity index (χ2n) is 3.96. The summed E-state index contributed by atoms with van der Waals surface area (Å²) in [6.45, 7) is 0. The van der Waals surface area contributed by atoms with E-state index in [1.807, 2.05) is 0 Å². The van der Waals surface area contributed by atoms with E-state index in [0.29, 0.717) is 22.0 Å².